The van der Waals surface area contributed by atoms with Gasteiger partial charge in [-0.15, -0.1) is 0 Å². The summed E-state index contributed by atoms with van der Waals surface area (Å²) >= 11 is 0. The topological polar surface area (TPSA) is 25.8 Å². The van der Waals surface area contributed by atoms with Crippen LogP contribution < -0.4 is 10.4 Å². The molecule has 0 bridgehead atoms. The highest BCUT2D eigenvalue weighted by Gasteiger charge is 2.19. The summed E-state index contributed by atoms with van der Waals surface area (Å²) in [5, 5.41) is 2.65. The molecule has 3 rings (SSSR count). The van der Waals surface area contributed by atoms with Gasteiger partial charge in [0.2, 0.25) is 0 Å². The second kappa shape index (κ2) is 2.50. The van der Waals surface area contributed by atoms with E-state index in [2.05, 4.69) is 34.2 Å². The number of hydrogen-bond donors (Lipinski definition) is 0. The van der Waals surface area contributed by atoms with Crippen LogP contribution in [0.4, 0.5) is 0 Å². The number of hydrogen-bond acceptors (Lipinski definition) is 2. The minimum atomic E-state index is 0.726. The Labute approximate surface area is 78.5 Å². The molecule has 2 nitrogen and oxygen atoms in total. The zero-order valence-corrected chi connectivity index (χ0v) is 7.86. The Morgan fingerprint density at radius 3 is 3.00 bits per heavy atom. The van der Waals surface area contributed by atoms with Crippen molar-refractivity contribution in [3.63, 3.8) is 0 Å². The lowest BCUT2D eigenvalue weighted by molar-refractivity contribution is 1.19. The van der Waals surface area contributed by atoms with Crippen molar-refractivity contribution in [2.45, 2.75) is 0 Å². The third-order valence-electron chi connectivity index (χ3n) is 2.16. The van der Waals surface area contributed by atoms with Gasteiger partial charge in [0.1, 0.15) is 15.8 Å². The summed E-state index contributed by atoms with van der Waals surface area (Å²) in [4.78, 5) is 8.33. The monoisotopic (exact) mass is 182 g/mol. The van der Waals surface area contributed by atoms with Crippen LogP contribution in [-0.4, -0.2) is 19.5 Å². The van der Waals surface area contributed by atoms with E-state index < -0.39 is 0 Å². The summed E-state index contributed by atoms with van der Waals surface area (Å²) in [7, 11) is 0.726. The van der Waals surface area contributed by atoms with Crippen molar-refractivity contribution < 1.29 is 0 Å². The Hall–Kier alpha value is -1.48. The minimum Gasteiger partial charge on any atom is -0.245 e. The van der Waals surface area contributed by atoms with Gasteiger partial charge in [0.05, 0.1) is 5.69 Å². The molecule has 1 aromatic heterocycles. The first-order valence-electron chi connectivity index (χ1n) is 4.11. The lowest BCUT2D eigenvalue weighted by Gasteiger charge is -1.96. The van der Waals surface area contributed by atoms with Crippen LogP contribution in [0, 0.1) is 0 Å². The molecule has 0 unspecified atom stereocenters. The number of fused-ring (bicyclic) bond motifs is 3. The van der Waals surface area contributed by atoms with Crippen molar-refractivity contribution >= 4 is 19.9 Å². The van der Waals surface area contributed by atoms with E-state index in [1.54, 1.807) is 6.33 Å². The van der Waals surface area contributed by atoms with Gasteiger partial charge in [0.15, 0.2) is 0 Å². The summed E-state index contributed by atoms with van der Waals surface area (Å²) in [6.45, 7) is 0. The zero-order valence-electron chi connectivity index (χ0n) is 6.86. The average molecular weight is 182 g/mol. The molecule has 3 heteroatoms. The standard InChI is InChI=1S/C10H6N2Si/c1-2-4-8-7(3-1)10-9(13-8)5-11-6-12-10/h1-6H. The van der Waals surface area contributed by atoms with Crippen LogP contribution in [0.1, 0.15) is 0 Å². The first-order chi connectivity index (χ1) is 6.45. The summed E-state index contributed by atoms with van der Waals surface area (Å²) in [6.07, 6.45) is 3.53. The fourth-order valence-electron chi connectivity index (χ4n) is 1.58. The maximum Gasteiger partial charge on any atom is 0.127 e. The van der Waals surface area contributed by atoms with Crippen molar-refractivity contribution in [2.24, 2.45) is 0 Å². The third kappa shape index (κ3) is 0.938. The maximum absolute atomic E-state index is 4.30. The summed E-state index contributed by atoms with van der Waals surface area (Å²) in [6, 6.07) is 8.42. The van der Waals surface area contributed by atoms with Crippen LogP contribution in [0.15, 0.2) is 36.8 Å². The molecule has 0 atom stereocenters. The molecule has 0 saturated heterocycles. The SMILES string of the molecule is c1ccc2c(c1)[Si]c1cncnc1-2. The number of benzene rings is 1. The molecule has 0 aliphatic carbocycles. The van der Waals surface area contributed by atoms with E-state index in [-0.39, 0.29) is 0 Å². The van der Waals surface area contributed by atoms with E-state index in [0.717, 1.165) is 15.2 Å². The molecule has 1 aliphatic rings. The van der Waals surface area contributed by atoms with Gasteiger partial charge in [-0.1, -0.05) is 24.3 Å². The molecule has 0 fully saturated rings. The molecular weight excluding hydrogens is 176 g/mol. The van der Waals surface area contributed by atoms with Crippen molar-refractivity contribution in [3.8, 4) is 11.3 Å². The number of nitrogens with zero attached hydrogens (tertiary/aromatic N) is 2. The van der Waals surface area contributed by atoms with E-state index in [4.69, 9.17) is 0 Å². The first-order valence-corrected chi connectivity index (χ1v) is 5.11. The number of rotatable bonds is 0. The first kappa shape index (κ1) is 6.97. The van der Waals surface area contributed by atoms with Gasteiger partial charge in [-0.2, -0.15) is 0 Å². The van der Waals surface area contributed by atoms with Crippen LogP contribution >= 0.6 is 0 Å². The molecule has 2 aromatic rings. The Kier molecular flexibility index (Phi) is 1.34. The van der Waals surface area contributed by atoms with Crippen molar-refractivity contribution in [3.05, 3.63) is 36.8 Å². The average Bonchev–Trinajstić information content (AvgIpc) is 2.56. The molecule has 1 aliphatic heterocycles. The normalized spacial score (nSPS) is 12.3. The van der Waals surface area contributed by atoms with E-state index >= 15 is 0 Å². The molecule has 1 aromatic carbocycles. The molecule has 0 spiro atoms. The highest BCUT2D eigenvalue weighted by atomic mass is 28.2. The van der Waals surface area contributed by atoms with Gasteiger partial charge < -0.3 is 0 Å². The number of aromatic nitrogens is 2. The highest BCUT2D eigenvalue weighted by molar-refractivity contribution is 6.73. The lowest BCUT2D eigenvalue weighted by Crippen LogP contribution is -2.21. The van der Waals surface area contributed by atoms with E-state index in [1.807, 2.05) is 6.20 Å². The Morgan fingerprint density at radius 2 is 2.00 bits per heavy atom. The van der Waals surface area contributed by atoms with Gasteiger partial charge in [0, 0.05) is 6.20 Å². The van der Waals surface area contributed by atoms with Gasteiger partial charge in [-0.3, -0.25) is 0 Å². The molecular formula is C10H6N2Si. The summed E-state index contributed by atoms with van der Waals surface area (Å²) < 4.78 is 0. The molecule has 2 heterocycles. The van der Waals surface area contributed by atoms with E-state index in [1.165, 1.54) is 15.9 Å². The van der Waals surface area contributed by atoms with Gasteiger partial charge in [0.25, 0.3) is 0 Å². The van der Waals surface area contributed by atoms with E-state index in [9.17, 15) is 0 Å². The molecule has 60 valence electrons. The van der Waals surface area contributed by atoms with Gasteiger partial charge in [-0.25, -0.2) is 9.97 Å². The van der Waals surface area contributed by atoms with Crippen LogP contribution in [0.25, 0.3) is 11.3 Å². The van der Waals surface area contributed by atoms with Gasteiger partial charge >= 0.3 is 0 Å². The van der Waals surface area contributed by atoms with Crippen molar-refractivity contribution in [2.75, 3.05) is 0 Å². The fraction of sp³-hybridized carbons (Fsp3) is 0. The zero-order chi connectivity index (χ0) is 8.67. The van der Waals surface area contributed by atoms with Crippen LogP contribution in [0.3, 0.4) is 0 Å². The predicted molar refractivity (Wildman–Crippen MR) is 52.5 cm³/mol. The lowest BCUT2D eigenvalue weighted by atomic mass is 10.1. The van der Waals surface area contributed by atoms with Crippen molar-refractivity contribution in [1.29, 1.82) is 0 Å². The van der Waals surface area contributed by atoms with Crippen LogP contribution in [-0.2, 0) is 0 Å². The largest absolute Gasteiger partial charge is 0.245 e. The highest BCUT2D eigenvalue weighted by Crippen LogP contribution is 2.15. The molecule has 0 amide bonds. The third-order valence-corrected chi connectivity index (χ3v) is 3.50. The van der Waals surface area contributed by atoms with E-state index in [0.29, 0.717) is 0 Å². The Balaban J connectivity index is 2.32. The molecule has 0 N–H and O–H groups in total. The summed E-state index contributed by atoms with van der Waals surface area (Å²) in [5.74, 6) is 0. The Bertz CT molecular complexity index is 424. The van der Waals surface area contributed by atoms with Gasteiger partial charge in [-0.05, 0) is 15.9 Å². The predicted octanol–water partition coefficient (Wildman–Crippen LogP) is 0.112. The quantitative estimate of drug-likeness (QED) is 0.461. The minimum absolute atomic E-state index is 0.726. The smallest absolute Gasteiger partial charge is 0.127 e. The Morgan fingerprint density at radius 1 is 1.08 bits per heavy atom. The molecule has 13 heavy (non-hydrogen) atoms. The second-order valence-corrected chi connectivity index (χ2v) is 4.28. The second-order valence-electron chi connectivity index (χ2n) is 2.96. The van der Waals surface area contributed by atoms with Crippen LogP contribution in [0.5, 0.6) is 0 Å². The van der Waals surface area contributed by atoms with Crippen molar-refractivity contribution in [1.82, 2.24) is 9.97 Å². The summed E-state index contributed by atoms with van der Waals surface area (Å²) in [5.41, 5.74) is 2.39. The molecule has 2 radical (unpaired) electrons. The fourth-order valence-corrected chi connectivity index (χ4v) is 2.84. The molecule has 0 saturated carbocycles. The van der Waals surface area contributed by atoms with Crippen LogP contribution in [0.2, 0.25) is 0 Å². The maximum atomic E-state index is 4.30.